The van der Waals surface area contributed by atoms with Gasteiger partial charge in [0, 0.05) is 23.0 Å². The fourth-order valence-corrected chi connectivity index (χ4v) is 2.02. The average Bonchev–Trinajstić information content (AvgIpc) is 2.41. The highest BCUT2D eigenvalue weighted by Crippen LogP contribution is 2.17. The van der Waals surface area contributed by atoms with Gasteiger partial charge in [0.15, 0.2) is 0 Å². The van der Waals surface area contributed by atoms with Crippen molar-refractivity contribution in [2.45, 2.75) is 6.42 Å². The van der Waals surface area contributed by atoms with Gasteiger partial charge < -0.3 is 15.7 Å². The highest BCUT2D eigenvalue weighted by molar-refractivity contribution is 6.30. The number of hydrogen-bond donors (Lipinski definition) is 3. The minimum absolute atomic E-state index is 0.0363. The van der Waals surface area contributed by atoms with Crippen LogP contribution in [0, 0.1) is 0 Å². The molecule has 0 saturated heterocycles. The van der Waals surface area contributed by atoms with Crippen LogP contribution >= 0.6 is 11.6 Å². The van der Waals surface area contributed by atoms with E-state index in [2.05, 4.69) is 10.6 Å². The molecule has 0 fully saturated rings. The zero-order valence-electron chi connectivity index (χ0n) is 10.8. The van der Waals surface area contributed by atoms with E-state index in [9.17, 15) is 4.79 Å². The van der Waals surface area contributed by atoms with E-state index < -0.39 is 0 Å². The van der Waals surface area contributed by atoms with E-state index in [1.165, 1.54) is 0 Å². The van der Waals surface area contributed by atoms with Crippen molar-refractivity contribution in [1.29, 1.82) is 0 Å². The van der Waals surface area contributed by atoms with Crippen LogP contribution in [0.5, 0.6) is 0 Å². The molecule has 5 heteroatoms. The molecule has 0 radical (unpaired) electrons. The number of anilines is 2. The van der Waals surface area contributed by atoms with E-state index >= 15 is 0 Å². The summed E-state index contributed by atoms with van der Waals surface area (Å²) in [5.41, 5.74) is 2.19. The van der Waals surface area contributed by atoms with Gasteiger partial charge in [-0.15, -0.1) is 0 Å². The second-order valence-electron chi connectivity index (χ2n) is 4.22. The van der Waals surface area contributed by atoms with Crippen LogP contribution in [0.4, 0.5) is 16.2 Å². The minimum Gasteiger partial charge on any atom is -0.396 e. The second-order valence-corrected chi connectivity index (χ2v) is 4.66. The van der Waals surface area contributed by atoms with Gasteiger partial charge in [0.25, 0.3) is 0 Å². The Kier molecular flexibility index (Phi) is 4.98. The first-order valence-corrected chi connectivity index (χ1v) is 6.59. The number of amides is 2. The van der Waals surface area contributed by atoms with Crippen molar-refractivity contribution in [3.8, 4) is 0 Å². The number of urea groups is 1. The largest absolute Gasteiger partial charge is 0.396 e. The number of rotatable bonds is 4. The number of para-hydroxylation sites is 1. The van der Waals surface area contributed by atoms with Crippen LogP contribution in [-0.2, 0) is 6.42 Å². The van der Waals surface area contributed by atoms with E-state index in [1.54, 1.807) is 30.3 Å². The van der Waals surface area contributed by atoms with Crippen molar-refractivity contribution in [2.24, 2.45) is 0 Å². The number of nitrogens with one attached hydrogen (secondary N) is 2. The van der Waals surface area contributed by atoms with Crippen molar-refractivity contribution in [3.05, 3.63) is 59.1 Å². The zero-order valence-corrected chi connectivity index (χ0v) is 11.5. The third-order valence-corrected chi connectivity index (χ3v) is 2.96. The zero-order chi connectivity index (χ0) is 14.4. The first-order chi connectivity index (χ1) is 9.69. The van der Waals surface area contributed by atoms with E-state index in [1.807, 2.05) is 18.2 Å². The van der Waals surface area contributed by atoms with Gasteiger partial charge in [-0.1, -0.05) is 35.9 Å². The fraction of sp³-hybridized carbons (Fsp3) is 0.133. The monoisotopic (exact) mass is 290 g/mol. The normalized spacial score (nSPS) is 10.1. The molecular weight excluding hydrogens is 276 g/mol. The number of aliphatic hydroxyl groups excluding tert-OH is 1. The smallest absolute Gasteiger partial charge is 0.323 e. The Morgan fingerprint density at radius 2 is 1.90 bits per heavy atom. The maximum atomic E-state index is 11.9. The highest BCUT2D eigenvalue weighted by Gasteiger charge is 2.06. The van der Waals surface area contributed by atoms with Crippen molar-refractivity contribution >= 4 is 29.0 Å². The highest BCUT2D eigenvalue weighted by atomic mass is 35.5. The number of hydrogen-bond acceptors (Lipinski definition) is 2. The number of carbonyl (C=O) groups excluding carboxylic acids is 1. The number of benzene rings is 2. The first-order valence-electron chi connectivity index (χ1n) is 6.21. The average molecular weight is 291 g/mol. The molecule has 0 heterocycles. The summed E-state index contributed by atoms with van der Waals surface area (Å²) >= 11 is 5.86. The van der Waals surface area contributed by atoms with Crippen molar-refractivity contribution < 1.29 is 9.90 Å². The molecule has 20 heavy (non-hydrogen) atoms. The molecule has 0 aliphatic rings. The van der Waals surface area contributed by atoms with Crippen LogP contribution < -0.4 is 10.6 Å². The quantitative estimate of drug-likeness (QED) is 0.807. The van der Waals surface area contributed by atoms with Crippen LogP contribution in [0.1, 0.15) is 5.56 Å². The van der Waals surface area contributed by atoms with E-state index in [-0.39, 0.29) is 12.6 Å². The molecule has 0 aliphatic carbocycles. The minimum atomic E-state index is -0.349. The molecule has 104 valence electrons. The van der Waals surface area contributed by atoms with Gasteiger partial charge in [-0.3, -0.25) is 0 Å². The van der Waals surface area contributed by atoms with Gasteiger partial charge >= 0.3 is 6.03 Å². The van der Waals surface area contributed by atoms with E-state index in [0.29, 0.717) is 22.8 Å². The van der Waals surface area contributed by atoms with Crippen LogP contribution in [0.2, 0.25) is 5.02 Å². The lowest BCUT2D eigenvalue weighted by atomic mass is 10.1. The Labute approximate surface area is 122 Å². The van der Waals surface area contributed by atoms with Crippen LogP contribution in [-0.4, -0.2) is 17.7 Å². The summed E-state index contributed by atoms with van der Waals surface area (Å²) in [5, 5.41) is 15.0. The Hall–Kier alpha value is -2.04. The molecule has 0 atom stereocenters. The van der Waals surface area contributed by atoms with Gasteiger partial charge in [0.05, 0.1) is 0 Å². The maximum Gasteiger partial charge on any atom is 0.323 e. The first kappa shape index (κ1) is 14.4. The molecule has 3 N–H and O–H groups in total. The third kappa shape index (κ3) is 3.98. The molecule has 0 bridgehead atoms. The van der Waals surface area contributed by atoms with Gasteiger partial charge in [-0.2, -0.15) is 0 Å². The topological polar surface area (TPSA) is 61.4 Å². The van der Waals surface area contributed by atoms with E-state index in [0.717, 1.165) is 5.56 Å². The number of halogens is 1. The summed E-state index contributed by atoms with van der Waals surface area (Å²) in [6.45, 7) is 0.0363. The summed E-state index contributed by atoms with van der Waals surface area (Å²) in [6.07, 6.45) is 0.494. The Balaban J connectivity index is 2.05. The molecule has 2 aromatic carbocycles. The van der Waals surface area contributed by atoms with Crippen LogP contribution in [0.25, 0.3) is 0 Å². The Morgan fingerprint density at radius 3 is 2.65 bits per heavy atom. The SMILES string of the molecule is O=C(Nc1cccc(Cl)c1)Nc1ccccc1CCO. The molecule has 0 unspecified atom stereocenters. The van der Waals surface area contributed by atoms with Gasteiger partial charge in [-0.25, -0.2) is 4.79 Å². The Morgan fingerprint density at radius 1 is 1.10 bits per heavy atom. The summed E-state index contributed by atoms with van der Waals surface area (Å²) in [7, 11) is 0. The Bertz CT molecular complexity index is 602. The lowest BCUT2D eigenvalue weighted by Gasteiger charge is -2.11. The van der Waals surface area contributed by atoms with Crippen LogP contribution in [0.15, 0.2) is 48.5 Å². The standard InChI is InChI=1S/C15H15ClN2O2/c16-12-5-3-6-13(10-12)17-15(20)18-14-7-2-1-4-11(14)8-9-19/h1-7,10,19H,8-9H2,(H2,17,18,20). The van der Waals surface area contributed by atoms with E-state index in [4.69, 9.17) is 16.7 Å². The third-order valence-electron chi connectivity index (χ3n) is 2.73. The molecule has 2 aromatic rings. The van der Waals surface area contributed by atoms with Gasteiger partial charge in [-0.05, 0) is 36.2 Å². The van der Waals surface area contributed by atoms with Crippen molar-refractivity contribution in [2.75, 3.05) is 17.2 Å². The second kappa shape index (κ2) is 6.93. The molecule has 2 amide bonds. The maximum absolute atomic E-state index is 11.9. The number of aliphatic hydroxyl groups is 1. The van der Waals surface area contributed by atoms with Crippen molar-refractivity contribution in [1.82, 2.24) is 0 Å². The fourth-order valence-electron chi connectivity index (χ4n) is 1.83. The summed E-state index contributed by atoms with van der Waals surface area (Å²) in [5.74, 6) is 0. The molecule has 2 rings (SSSR count). The molecule has 0 aliphatic heterocycles. The predicted molar refractivity (Wildman–Crippen MR) is 81.3 cm³/mol. The predicted octanol–water partition coefficient (Wildman–Crippen LogP) is 3.52. The summed E-state index contributed by atoms with van der Waals surface area (Å²) in [4.78, 5) is 11.9. The van der Waals surface area contributed by atoms with Gasteiger partial charge in [0.1, 0.15) is 0 Å². The summed E-state index contributed by atoms with van der Waals surface area (Å²) in [6, 6.07) is 13.9. The van der Waals surface area contributed by atoms with Gasteiger partial charge in [0.2, 0.25) is 0 Å². The molecule has 0 saturated carbocycles. The van der Waals surface area contributed by atoms with Crippen LogP contribution in [0.3, 0.4) is 0 Å². The molecule has 0 aromatic heterocycles. The summed E-state index contributed by atoms with van der Waals surface area (Å²) < 4.78 is 0. The number of carbonyl (C=O) groups is 1. The molecule has 4 nitrogen and oxygen atoms in total. The lowest BCUT2D eigenvalue weighted by molar-refractivity contribution is 0.262. The van der Waals surface area contributed by atoms with Crippen molar-refractivity contribution in [3.63, 3.8) is 0 Å². The molecule has 0 spiro atoms. The molecular formula is C15H15ClN2O2. The lowest BCUT2D eigenvalue weighted by Crippen LogP contribution is -2.20.